The molecule has 8 heteroatoms. The van der Waals surface area contributed by atoms with E-state index in [1.165, 1.54) is 7.11 Å². The van der Waals surface area contributed by atoms with Gasteiger partial charge in [-0.05, 0) is 32.3 Å². The number of carbonyl (C=O) groups is 3. The van der Waals surface area contributed by atoms with Crippen LogP contribution in [0.25, 0.3) is 0 Å². The molecule has 0 spiro atoms. The number of hydrogen-bond acceptors (Lipinski definition) is 6. The first kappa shape index (κ1) is 19.3. The van der Waals surface area contributed by atoms with E-state index in [4.69, 9.17) is 25.1 Å². The molecule has 0 aliphatic carbocycles. The molecule has 0 saturated carbocycles. The molecule has 0 atom stereocenters. The summed E-state index contributed by atoms with van der Waals surface area (Å²) in [6.07, 6.45) is 1.43. The molecular formula is C18H21NO7. The second-order valence-corrected chi connectivity index (χ2v) is 5.97. The molecule has 0 unspecified atom stereocenters. The average molecular weight is 363 g/mol. The quantitative estimate of drug-likeness (QED) is 0.563. The van der Waals surface area contributed by atoms with E-state index in [0.29, 0.717) is 23.3 Å². The first-order chi connectivity index (χ1) is 12.3. The molecule has 140 valence electrons. The highest BCUT2D eigenvalue weighted by Crippen LogP contribution is 2.42. The van der Waals surface area contributed by atoms with Crippen LogP contribution in [0.3, 0.4) is 0 Å². The van der Waals surface area contributed by atoms with Gasteiger partial charge in [0.05, 0.1) is 7.11 Å². The van der Waals surface area contributed by atoms with Crippen molar-refractivity contribution in [2.75, 3.05) is 7.11 Å². The van der Waals surface area contributed by atoms with Gasteiger partial charge in [-0.2, -0.15) is 0 Å². The van der Waals surface area contributed by atoms with Crippen molar-refractivity contribution in [3.05, 3.63) is 33.9 Å². The summed E-state index contributed by atoms with van der Waals surface area (Å²) in [5, 5.41) is 8.77. The number of amides is 1. The number of cyclic esters (lactones) is 1. The summed E-state index contributed by atoms with van der Waals surface area (Å²) in [5.41, 5.74) is 7.98. The Morgan fingerprint density at radius 2 is 2.00 bits per heavy atom. The van der Waals surface area contributed by atoms with Crippen molar-refractivity contribution < 1.29 is 33.7 Å². The Hall–Kier alpha value is -3.03. The van der Waals surface area contributed by atoms with Crippen molar-refractivity contribution in [3.63, 3.8) is 0 Å². The Morgan fingerprint density at radius 3 is 2.58 bits per heavy atom. The summed E-state index contributed by atoms with van der Waals surface area (Å²) in [4.78, 5) is 34.2. The Labute approximate surface area is 150 Å². The van der Waals surface area contributed by atoms with Gasteiger partial charge >= 0.3 is 18.0 Å². The maximum Gasteiger partial charge on any atom is 0.410 e. The third-order valence-corrected chi connectivity index (χ3v) is 4.22. The fourth-order valence-corrected chi connectivity index (χ4v) is 2.91. The Morgan fingerprint density at radius 1 is 1.31 bits per heavy atom. The molecule has 0 fully saturated rings. The topological polar surface area (TPSA) is 125 Å². The largest absolute Gasteiger partial charge is 0.496 e. The van der Waals surface area contributed by atoms with Gasteiger partial charge in [-0.1, -0.05) is 11.6 Å². The van der Waals surface area contributed by atoms with Gasteiger partial charge in [0.1, 0.15) is 17.9 Å². The van der Waals surface area contributed by atoms with E-state index in [9.17, 15) is 14.4 Å². The normalized spacial score (nSPS) is 13.2. The molecule has 0 aromatic heterocycles. The number of fused-ring (bicyclic) bond motifs is 1. The van der Waals surface area contributed by atoms with Gasteiger partial charge in [0.15, 0.2) is 5.75 Å². The van der Waals surface area contributed by atoms with Crippen LogP contribution in [0.4, 0.5) is 4.79 Å². The fourth-order valence-electron chi connectivity index (χ4n) is 2.91. The van der Waals surface area contributed by atoms with E-state index < -0.39 is 18.0 Å². The molecule has 26 heavy (non-hydrogen) atoms. The molecular weight excluding hydrogens is 342 g/mol. The summed E-state index contributed by atoms with van der Waals surface area (Å²) in [5.74, 6) is -0.973. The summed E-state index contributed by atoms with van der Waals surface area (Å²) in [6.45, 7) is 3.66. The second-order valence-electron chi connectivity index (χ2n) is 5.97. The zero-order valence-electron chi connectivity index (χ0n) is 14.9. The van der Waals surface area contributed by atoms with Gasteiger partial charge in [-0.25, -0.2) is 9.59 Å². The number of carboxylic acid groups (broad SMARTS) is 1. The number of aliphatic carboxylic acids is 1. The van der Waals surface area contributed by atoms with Crippen molar-refractivity contribution in [1.82, 2.24) is 0 Å². The SMILES string of the molecule is COc1c(C)c2c(c(OC(N)=O)c1CC=C(C)CCC(=O)O)C(=O)OC2. The van der Waals surface area contributed by atoms with Crippen LogP contribution in [0.1, 0.15) is 46.8 Å². The van der Waals surface area contributed by atoms with Gasteiger partial charge < -0.3 is 25.1 Å². The Bertz CT molecular complexity index is 795. The van der Waals surface area contributed by atoms with Crippen molar-refractivity contribution in [2.24, 2.45) is 5.73 Å². The van der Waals surface area contributed by atoms with E-state index in [0.717, 1.165) is 11.1 Å². The summed E-state index contributed by atoms with van der Waals surface area (Å²) in [6, 6.07) is 0. The number of methoxy groups -OCH3 is 1. The number of nitrogens with two attached hydrogens (primary N) is 1. The molecule has 0 radical (unpaired) electrons. The molecule has 8 nitrogen and oxygen atoms in total. The summed E-state index contributed by atoms with van der Waals surface area (Å²) < 4.78 is 15.7. The van der Waals surface area contributed by atoms with Crippen molar-refractivity contribution in [2.45, 2.75) is 39.7 Å². The highest BCUT2D eigenvalue weighted by atomic mass is 16.6. The smallest absolute Gasteiger partial charge is 0.410 e. The van der Waals surface area contributed by atoms with Gasteiger partial charge in [0, 0.05) is 17.5 Å². The average Bonchev–Trinajstić information content (AvgIpc) is 2.95. The predicted molar refractivity (Wildman–Crippen MR) is 91.4 cm³/mol. The van der Waals surface area contributed by atoms with Gasteiger partial charge in [0.2, 0.25) is 0 Å². The Kier molecular flexibility index (Phi) is 5.86. The van der Waals surface area contributed by atoms with Gasteiger partial charge in [-0.15, -0.1) is 0 Å². The van der Waals surface area contributed by atoms with E-state index in [2.05, 4.69) is 0 Å². The molecule has 1 aromatic rings. The predicted octanol–water partition coefficient (Wildman–Crippen LogP) is 2.49. The van der Waals surface area contributed by atoms with Gasteiger partial charge in [0.25, 0.3) is 0 Å². The van der Waals surface area contributed by atoms with E-state index in [1.807, 2.05) is 0 Å². The fraction of sp³-hybridized carbons (Fsp3) is 0.389. The zero-order valence-corrected chi connectivity index (χ0v) is 14.9. The first-order valence-electron chi connectivity index (χ1n) is 8.00. The molecule has 1 aliphatic heterocycles. The molecule has 0 bridgehead atoms. The number of carboxylic acids is 1. The van der Waals surface area contributed by atoms with E-state index in [-0.39, 0.29) is 30.8 Å². The lowest BCUT2D eigenvalue weighted by molar-refractivity contribution is -0.136. The molecule has 1 aliphatic rings. The summed E-state index contributed by atoms with van der Waals surface area (Å²) in [7, 11) is 1.48. The maximum absolute atomic E-state index is 12.1. The van der Waals surface area contributed by atoms with Gasteiger partial charge in [-0.3, -0.25) is 4.79 Å². The standard InChI is InChI=1S/C18H21NO7/c1-9(5-7-13(20)21)4-6-11-15(24-3)10(2)12-8-25-17(22)14(12)16(11)26-18(19)23/h4H,5-8H2,1-3H3,(H2,19,23)(H,20,21). The first-order valence-corrected chi connectivity index (χ1v) is 8.00. The van der Waals surface area contributed by atoms with Crippen LogP contribution in [-0.4, -0.2) is 30.2 Å². The number of hydrogen-bond donors (Lipinski definition) is 2. The minimum atomic E-state index is -1.05. The number of benzene rings is 1. The van der Waals surface area contributed by atoms with Crippen LogP contribution in [0, 0.1) is 6.92 Å². The number of esters is 1. The minimum absolute atomic E-state index is 0.0135. The number of allylic oxidation sites excluding steroid dienone is 2. The number of primary amides is 1. The highest BCUT2D eigenvalue weighted by molar-refractivity contribution is 5.99. The van der Waals surface area contributed by atoms with Crippen LogP contribution in [0.5, 0.6) is 11.5 Å². The van der Waals surface area contributed by atoms with E-state index in [1.54, 1.807) is 19.9 Å². The molecule has 1 amide bonds. The van der Waals surface area contributed by atoms with Crippen LogP contribution in [0.2, 0.25) is 0 Å². The molecule has 1 aromatic carbocycles. The van der Waals surface area contributed by atoms with Crippen LogP contribution in [0.15, 0.2) is 11.6 Å². The lowest BCUT2D eigenvalue weighted by Crippen LogP contribution is -2.19. The van der Waals surface area contributed by atoms with Crippen LogP contribution in [-0.2, 0) is 22.6 Å². The van der Waals surface area contributed by atoms with E-state index >= 15 is 0 Å². The highest BCUT2D eigenvalue weighted by Gasteiger charge is 2.33. The van der Waals surface area contributed by atoms with Crippen molar-refractivity contribution >= 4 is 18.0 Å². The maximum atomic E-state index is 12.1. The molecule has 1 heterocycles. The third-order valence-electron chi connectivity index (χ3n) is 4.22. The van der Waals surface area contributed by atoms with Crippen molar-refractivity contribution in [1.29, 1.82) is 0 Å². The van der Waals surface area contributed by atoms with Crippen LogP contribution < -0.4 is 15.2 Å². The number of rotatable bonds is 7. The van der Waals surface area contributed by atoms with Crippen LogP contribution >= 0.6 is 0 Å². The molecule has 2 rings (SSSR count). The monoisotopic (exact) mass is 363 g/mol. The minimum Gasteiger partial charge on any atom is -0.496 e. The number of carbonyl (C=O) groups excluding carboxylic acids is 2. The molecule has 3 N–H and O–H groups in total. The summed E-state index contributed by atoms with van der Waals surface area (Å²) >= 11 is 0. The zero-order chi connectivity index (χ0) is 19.4. The third kappa shape index (κ3) is 3.96. The lowest BCUT2D eigenvalue weighted by Gasteiger charge is -2.18. The number of ether oxygens (including phenoxy) is 3. The Balaban J connectivity index is 2.52. The second kappa shape index (κ2) is 7.90. The molecule has 0 saturated heterocycles. The van der Waals surface area contributed by atoms with Crippen molar-refractivity contribution in [3.8, 4) is 11.5 Å². The lowest BCUT2D eigenvalue weighted by atomic mass is 9.94.